The Kier molecular flexibility index (Phi) is 4.92. The van der Waals surface area contributed by atoms with Gasteiger partial charge in [-0.15, -0.1) is 0 Å². The van der Waals surface area contributed by atoms with Gasteiger partial charge in [0.05, 0.1) is 18.8 Å². The molecule has 0 unspecified atom stereocenters. The molecule has 1 N–H and O–H groups in total. The third-order valence-corrected chi connectivity index (χ3v) is 4.03. The van der Waals surface area contributed by atoms with Crippen molar-refractivity contribution >= 4 is 6.03 Å². The lowest BCUT2D eigenvalue weighted by atomic mass is 10.2. The van der Waals surface area contributed by atoms with E-state index in [-0.39, 0.29) is 24.3 Å². The second-order valence-electron chi connectivity index (χ2n) is 5.87. The van der Waals surface area contributed by atoms with Crippen molar-refractivity contribution in [1.29, 1.82) is 0 Å². The van der Waals surface area contributed by atoms with Crippen molar-refractivity contribution in [3.63, 3.8) is 0 Å². The number of nitrogens with zero attached hydrogens (tertiary/aromatic N) is 7. The Morgan fingerprint density at radius 1 is 1.27 bits per heavy atom. The van der Waals surface area contributed by atoms with Crippen LogP contribution in [0.1, 0.15) is 22.8 Å². The first-order chi connectivity index (χ1) is 12.5. The summed E-state index contributed by atoms with van der Waals surface area (Å²) in [6.45, 7) is 4.49. The number of carbonyl (C=O) groups excluding carboxylic acids is 1. The molecule has 0 bridgehead atoms. The van der Waals surface area contributed by atoms with E-state index in [9.17, 15) is 4.79 Å². The van der Waals surface area contributed by atoms with Crippen LogP contribution in [0.25, 0.3) is 11.6 Å². The molecule has 3 heterocycles. The molecule has 2 amide bonds. The minimum Gasteiger partial charge on any atom is -0.337 e. The molecular weight excluding hydrogens is 336 g/mol. The summed E-state index contributed by atoms with van der Waals surface area (Å²) < 4.78 is 6.93. The summed E-state index contributed by atoms with van der Waals surface area (Å²) in [4.78, 5) is 26.2. The number of hydrogen-bond donors (Lipinski definition) is 1. The Balaban J connectivity index is 1.58. The first-order valence-corrected chi connectivity index (χ1v) is 8.03. The molecule has 0 saturated heterocycles. The van der Waals surface area contributed by atoms with Gasteiger partial charge in [-0.05, 0) is 19.9 Å². The Labute approximate surface area is 150 Å². The van der Waals surface area contributed by atoms with Crippen molar-refractivity contribution in [1.82, 2.24) is 40.1 Å². The van der Waals surface area contributed by atoms with Crippen LogP contribution < -0.4 is 5.32 Å². The average molecular weight is 356 g/mol. The van der Waals surface area contributed by atoms with E-state index in [1.54, 1.807) is 30.4 Å². The van der Waals surface area contributed by atoms with E-state index < -0.39 is 0 Å². The maximum Gasteiger partial charge on any atom is 0.317 e. The van der Waals surface area contributed by atoms with Crippen LogP contribution in [0, 0.1) is 13.8 Å². The molecule has 26 heavy (non-hydrogen) atoms. The predicted octanol–water partition coefficient (Wildman–Crippen LogP) is 1.22. The summed E-state index contributed by atoms with van der Waals surface area (Å²) in [5, 5.41) is 10.9. The van der Waals surface area contributed by atoms with Gasteiger partial charge in [0.2, 0.25) is 17.5 Å². The molecule has 0 radical (unpaired) electrons. The van der Waals surface area contributed by atoms with Crippen LogP contribution >= 0.6 is 0 Å². The minimum absolute atomic E-state index is 0.119. The molecule has 0 spiro atoms. The first-order valence-electron chi connectivity index (χ1n) is 8.03. The lowest BCUT2D eigenvalue weighted by Gasteiger charge is -2.17. The molecule has 0 aliphatic rings. The first kappa shape index (κ1) is 17.5. The van der Waals surface area contributed by atoms with Crippen molar-refractivity contribution in [3.05, 3.63) is 41.3 Å². The van der Waals surface area contributed by atoms with Gasteiger partial charge >= 0.3 is 6.03 Å². The fraction of sp³-hybridized carbons (Fsp3) is 0.375. The molecule has 0 aliphatic carbocycles. The smallest absolute Gasteiger partial charge is 0.317 e. The van der Waals surface area contributed by atoms with Crippen LogP contribution in [0.4, 0.5) is 4.79 Å². The highest BCUT2D eigenvalue weighted by molar-refractivity contribution is 5.73. The predicted molar refractivity (Wildman–Crippen MR) is 91.7 cm³/mol. The largest absolute Gasteiger partial charge is 0.337 e. The van der Waals surface area contributed by atoms with E-state index in [2.05, 4.69) is 30.5 Å². The summed E-state index contributed by atoms with van der Waals surface area (Å²) in [5.41, 5.74) is 2.98. The number of amides is 2. The molecule has 3 rings (SSSR count). The Hall–Kier alpha value is -3.30. The minimum atomic E-state index is -0.247. The van der Waals surface area contributed by atoms with Crippen LogP contribution in [-0.4, -0.2) is 47.9 Å². The van der Waals surface area contributed by atoms with Gasteiger partial charge < -0.3 is 14.7 Å². The van der Waals surface area contributed by atoms with Crippen molar-refractivity contribution < 1.29 is 9.32 Å². The van der Waals surface area contributed by atoms with E-state index in [1.165, 1.54) is 0 Å². The van der Waals surface area contributed by atoms with Gasteiger partial charge in [0, 0.05) is 37.7 Å². The normalized spacial score (nSPS) is 10.8. The summed E-state index contributed by atoms with van der Waals surface area (Å²) >= 11 is 0. The van der Waals surface area contributed by atoms with E-state index >= 15 is 0 Å². The van der Waals surface area contributed by atoms with Crippen molar-refractivity contribution in [2.75, 3.05) is 7.05 Å². The van der Waals surface area contributed by atoms with E-state index in [0.29, 0.717) is 12.4 Å². The summed E-state index contributed by atoms with van der Waals surface area (Å²) in [5.74, 6) is 0.932. The maximum absolute atomic E-state index is 12.3. The Morgan fingerprint density at radius 2 is 2.00 bits per heavy atom. The molecule has 0 aromatic carbocycles. The molecule has 0 aliphatic heterocycles. The van der Waals surface area contributed by atoms with Crippen LogP contribution in [0.15, 0.2) is 23.0 Å². The standard InChI is InChI=1S/C16H20N8O2/c1-10-12(11(2)24(4)21-10)9-23(3)16(25)19-8-13-20-15(22-26-13)14-17-6-5-7-18-14/h5-7H,8-9H2,1-4H3,(H,19,25). The zero-order chi connectivity index (χ0) is 18.7. The quantitative estimate of drug-likeness (QED) is 0.731. The SMILES string of the molecule is Cc1nn(C)c(C)c1CN(C)C(=O)NCc1nc(-c2ncccn2)no1. The molecule has 0 saturated carbocycles. The lowest BCUT2D eigenvalue weighted by molar-refractivity contribution is 0.204. The van der Waals surface area contributed by atoms with Crippen LogP contribution in [-0.2, 0) is 20.1 Å². The third kappa shape index (κ3) is 3.68. The highest BCUT2D eigenvalue weighted by Crippen LogP contribution is 2.14. The highest BCUT2D eigenvalue weighted by Gasteiger charge is 2.16. The number of rotatable bonds is 5. The molecule has 10 heteroatoms. The maximum atomic E-state index is 12.3. The zero-order valence-electron chi connectivity index (χ0n) is 15.1. The average Bonchev–Trinajstić information content (AvgIpc) is 3.21. The topological polar surface area (TPSA) is 115 Å². The van der Waals surface area contributed by atoms with Gasteiger partial charge in [-0.2, -0.15) is 10.1 Å². The molecule has 0 fully saturated rings. The number of carbonyl (C=O) groups is 1. The fourth-order valence-corrected chi connectivity index (χ4v) is 2.47. The second-order valence-corrected chi connectivity index (χ2v) is 5.87. The van der Waals surface area contributed by atoms with Crippen molar-refractivity contribution in [2.24, 2.45) is 7.05 Å². The van der Waals surface area contributed by atoms with Crippen LogP contribution in [0.5, 0.6) is 0 Å². The molecule has 3 aromatic rings. The number of nitrogens with one attached hydrogen (secondary N) is 1. The monoisotopic (exact) mass is 356 g/mol. The van der Waals surface area contributed by atoms with Crippen LogP contribution in [0.2, 0.25) is 0 Å². The third-order valence-electron chi connectivity index (χ3n) is 4.03. The molecular formula is C16H20N8O2. The van der Waals surface area contributed by atoms with Crippen molar-refractivity contribution in [3.8, 4) is 11.6 Å². The number of hydrogen-bond acceptors (Lipinski definition) is 7. The highest BCUT2D eigenvalue weighted by atomic mass is 16.5. The van der Waals surface area contributed by atoms with Gasteiger partial charge in [0.1, 0.15) is 0 Å². The second kappa shape index (κ2) is 7.30. The van der Waals surface area contributed by atoms with Gasteiger partial charge in [-0.3, -0.25) is 4.68 Å². The number of urea groups is 1. The molecule has 136 valence electrons. The zero-order valence-corrected chi connectivity index (χ0v) is 15.1. The number of aryl methyl sites for hydroxylation is 2. The van der Waals surface area contributed by atoms with Crippen molar-refractivity contribution in [2.45, 2.75) is 26.9 Å². The fourth-order valence-electron chi connectivity index (χ4n) is 2.47. The molecule has 0 atom stereocenters. The summed E-state index contributed by atoms with van der Waals surface area (Å²) in [6, 6.07) is 1.45. The van der Waals surface area contributed by atoms with Crippen LogP contribution in [0.3, 0.4) is 0 Å². The summed E-state index contributed by atoms with van der Waals surface area (Å²) in [6.07, 6.45) is 3.19. The lowest BCUT2D eigenvalue weighted by Crippen LogP contribution is -2.36. The van der Waals surface area contributed by atoms with E-state index in [0.717, 1.165) is 17.0 Å². The van der Waals surface area contributed by atoms with E-state index in [4.69, 9.17) is 4.52 Å². The van der Waals surface area contributed by atoms with Gasteiger partial charge in [0.25, 0.3) is 0 Å². The summed E-state index contributed by atoms with van der Waals surface area (Å²) in [7, 11) is 3.60. The van der Waals surface area contributed by atoms with Gasteiger partial charge in [-0.1, -0.05) is 5.16 Å². The Bertz CT molecular complexity index is 902. The Morgan fingerprint density at radius 3 is 2.65 bits per heavy atom. The van der Waals surface area contributed by atoms with Gasteiger partial charge in [-0.25, -0.2) is 14.8 Å². The molecule has 10 nitrogen and oxygen atoms in total. The molecule has 3 aromatic heterocycles. The number of aromatic nitrogens is 6. The van der Waals surface area contributed by atoms with E-state index in [1.807, 2.05) is 25.6 Å². The van der Waals surface area contributed by atoms with Gasteiger partial charge in [0.15, 0.2) is 0 Å².